The molecule has 0 bridgehead atoms. The lowest BCUT2D eigenvalue weighted by Gasteiger charge is -2.18. The molecule has 5 nitrogen and oxygen atoms in total. The van der Waals surface area contributed by atoms with Gasteiger partial charge in [0.1, 0.15) is 12.6 Å². The van der Waals surface area contributed by atoms with E-state index in [1.165, 1.54) is 0 Å². The van der Waals surface area contributed by atoms with Crippen LogP contribution in [0.15, 0.2) is 60.7 Å². The summed E-state index contributed by atoms with van der Waals surface area (Å²) in [5.41, 5.74) is 1.54. The van der Waals surface area contributed by atoms with E-state index in [0.29, 0.717) is 11.3 Å². The molecule has 0 saturated carbocycles. The number of esters is 1. The summed E-state index contributed by atoms with van der Waals surface area (Å²) >= 11 is 1.16. The predicted molar refractivity (Wildman–Crippen MR) is 118 cm³/mol. The number of nitrogens with one attached hydrogen (secondary N) is 1. The standard InChI is InChI=1S/C24H18F5NO4S/c25-17-18(26)20(28)22(21(29)19(17)27)34-23(31)16(13-35-12-15-9-5-2-6-10-15)30-24(32)33-11-14-7-3-1-4-8-14/h1-10,16H,11-13H2,(H,30,32)/t16-/m0/s1. The smallest absolute Gasteiger partial charge is 0.408 e. The van der Waals surface area contributed by atoms with Crippen molar-refractivity contribution in [3.63, 3.8) is 0 Å². The first kappa shape index (κ1) is 26.0. The molecular formula is C24H18F5NO4S. The van der Waals surface area contributed by atoms with E-state index in [2.05, 4.69) is 10.1 Å². The molecule has 0 aromatic heterocycles. The molecule has 0 aliphatic rings. The maximum Gasteiger partial charge on any atom is 0.408 e. The molecule has 0 aliphatic heterocycles. The van der Waals surface area contributed by atoms with Gasteiger partial charge < -0.3 is 14.8 Å². The van der Waals surface area contributed by atoms with Crippen LogP contribution in [0.4, 0.5) is 26.7 Å². The van der Waals surface area contributed by atoms with Gasteiger partial charge in [0.2, 0.25) is 34.8 Å². The first-order valence-corrected chi connectivity index (χ1v) is 11.3. The Morgan fingerprint density at radius 3 is 1.86 bits per heavy atom. The fraction of sp³-hybridized carbons (Fsp3) is 0.167. The van der Waals surface area contributed by atoms with E-state index in [9.17, 15) is 31.5 Å². The zero-order valence-electron chi connectivity index (χ0n) is 17.9. The van der Waals surface area contributed by atoms with Gasteiger partial charge in [0.05, 0.1) is 0 Å². The van der Waals surface area contributed by atoms with Gasteiger partial charge in [0.15, 0.2) is 0 Å². The molecule has 3 rings (SSSR count). The Morgan fingerprint density at radius 2 is 1.29 bits per heavy atom. The van der Waals surface area contributed by atoms with Crippen LogP contribution >= 0.6 is 11.8 Å². The van der Waals surface area contributed by atoms with Crippen LogP contribution < -0.4 is 10.1 Å². The van der Waals surface area contributed by atoms with E-state index in [4.69, 9.17) is 4.74 Å². The summed E-state index contributed by atoms with van der Waals surface area (Å²) in [6, 6.07) is 16.1. The van der Waals surface area contributed by atoms with Gasteiger partial charge in [0, 0.05) is 11.5 Å². The summed E-state index contributed by atoms with van der Waals surface area (Å²) in [6.07, 6.45) is -1.05. The average molecular weight is 511 g/mol. The highest BCUT2D eigenvalue weighted by atomic mass is 32.2. The number of ether oxygens (including phenoxy) is 2. The number of halogens is 5. The van der Waals surface area contributed by atoms with E-state index >= 15 is 0 Å². The summed E-state index contributed by atoms with van der Waals surface area (Å²) in [5.74, 6) is -14.5. The molecule has 0 radical (unpaired) electrons. The Balaban J connectivity index is 1.72. The first-order valence-electron chi connectivity index (χ1n) is 10.1. The van der Waals surface area contributed by atoms with Crippen molar-refractivity contribution >= 4 is 23.8 Å². The Kier molecular flexibility index (Phi) is 9.07. The number of hydrogen-bond acceptors (Lipinski definition) is 5. The molecule has 1 atom stereocenters. The molecule has 0 saturated heterocycles. The second-order valence-corrected chi connectivity index (χ2v) is 8.11. The Hall–Kier alpha value is -3.60. The third-order valence-electron chi connectivity index (χ3n) is 4.56. The van der Waals surface area contributed by atoms with Crippen molar-refractivity contribution in [3.05, 3.63) is 101 Å². The molecular weight excluding hydrogens is 493 g/mol. The van der Waals surface area contributed by atoms with E-state index in [0.717, 1.165) is 17.3 Å². The second kappa shape index (κ2) is 12.2. The lowest BCUT2D eigenvalue weighted by atomic mass is 10.2. The number of carbonyl (C=O) groups is 2. The minimum atomic E-state index is -2.39. The minimum Gasteiger partial charge on any atom is -0.445 e. The Morgan fingerprint density at radius 1 is 0.771 bits per heavy atom. The Bertz CT molecular complexity index is 1150. The van der Waals surface area contributed by atoms with Gasteiger partial charge in [-0.3, -0.25) is 0 Å². The van der Waals surface area contributed by atoms with Gasteiger partial charge in [-0.15, -0.1) is 0 Å². The molecule has 1 N–H and O–H groups in total. The summed E-state index contributed by atoms with van der Waals surface area (Å²) in [4.78, 5) is 24.8. The van der Waals surface area contributed by atoms with Crippen LogP contribution in [0.3, 0.4) is 0 Å². The average Bonchev–Trinajstić information content (AvgIpc) is 2.88. The molecule has 1 amide bonds. The third kappa shape index (κ3) is 6.95. The van der Waals surface area contributed by atoms with Crippen LogP contribution in [0, 0.1) is 29.1 Å². The zero-order valence-corrected chi connectivity index (χ0v) is 18.7. The highest BCUT2D eigenvalue weighted by molar-refractivity contribution is 7.98. The number of hydrogen-bond donors (Lipinski definition) is 1. The molecule has 0 spiro atoms. The van der Waals surface area contributed by atoms with Crippen LogP contribution in [-0.4, -0.2) is 23.9 Å². The van der Waals surface area contributed by atoms with Gasteiger partial charge >= 0.3 is 12.1 Å². The van der Waals surface area contributed by atoms with E-state index in [1.807, 2.05) is 18.2 Å². The summed E-state index contributed by atoms with van der Waals surface area (Å²) in [7, 11) is 0. The number of thioether (sulfide) groups is 1. The summed E-state index contributed by atoms with van der Waals surface area (Å²) < 4.78 is 77.7. The zero-order chi connectivity index (χ0) is 25.4. The van der Waals surface area contributed by atoms with Crippen molar-refractivity contribution in [1.82, 2.24) is 5.32 Å². The number of alkyl carbamates (subject to hydrolysis) is 1. The van der Waals surface area contributed by atoms with Crippen LogP contribution in [0.5, 0.6) is 5.75 Å². The lowest BCUT2D eigenvalue weighted by molar-refractivity contribution is -0.136. The summed E-state index contributed by atoms with van der Waals surface area (Å²) in [6.45, 7) is -0.136. The topological polar surface area (TPSA) is 64.6 Å². The highest BCUT2D eigenvalue weighted by Crippen LogP contribution is 2.29. The van der Waals surface area contributed by atoms with Gasteiger partial charge in [-0.1, -0.05) is 60.7 Å². The SMILES string of the molecule is O=C(N[C@@H](CSCc1ccccc1)C(=O)Oc1c(F)c(F)c(F)c(F)c1F)OCc1ccccc1. The van der Waals surface area contributed by atoms with Crippen LogP contribution in [-0.2, 0) is 21.9 Å². The maximum absolute atomic E-state index is 14.0. The van der Waals surface area contributed by atoms with Gasteiger partial charge in [-0.25, -0.2) is 22.8 Å². The predicted octanol–water partition coefficient (Wildman–Crippen LogP) is 5.52. The van der Waals surface area contributed by atoms with E-state index < -0.39 is 52.9 Å². The fourth-order valence-corrected chi connectivity index (χ4v) is 3.79. The first-order chi connectivity index (χ1) is 16.8. The molecule has 11 heteroatoms. The fourth-order valence-electron chi connectivity index (χ4n) is 2.79. The number of benzene rings is 3. The molecule has 0 fully saturated rings. The Labute approximate surface area is 201 Å². The van der Waals surface area contributed by atoms with Crippen molar-refractivity contribution < 1.29 is 41.0 Å². The van der Waals surface area contributed by atoms with Crippen molar-refractivity contribution in [1.29, 1.82) is 0 Å². The number of amides is 1. The molecule has 0 heterocycles. The molecule has 35 heavy (non-hydrogen) atoms. The van der Waals surface area contributed by atoms with Crippen LogP contribution in [0.25, 0.3) is 0 Å². The quantitative estimate of drug-likeness (QED) is 0.135. The number of rotatable bonds is 9. The molecule has 3 aromatic rings. The maximum atomic E-state index is 14.0. The van der Waals surface area contributed by atoms with Gasteiger partial charge in [0.25, 0.3) is 0 Å². The highest BCUT2D eigenvalue weighted by Gasteiger charge is 2.31. The molecule has 3 aromatic carbocycles. The van der Waals surface area contributed by atoms with E-state index in [-0.39, 0.29) is 12.4 Å². The monoisotopic (exact) mass is 511 g/mol. The van der Waals surface area contributed by atoms with Crippen molar-refractivity contribution in [2.45, 2.75) is 18.4 Å². The third-order valence-corrected chi connectivity index (χ3v) is 5.66. The largest absolute Gasteiger partial charge is 0.445 e. The minimum absolute atomic E-state index is 0.136. The van der Waals surface area contributed by atoms with Crippen molar-refractivity contribution in [3.8, 4) is 5.75 Å². The number of carbonyl (C=O) groups excluding carboxylic acids is 2. The normalized spacial score (nSPS) is 11.6. The van der Waals surface area contributed by atoms with Gasteiger partial charge in [-0.05, 0) is 11.1 Å². The van der Waals surface area contributed by atoms with Crippen molar-refractivity contribution in [2.24, 2.45) is 0 Å². The van der Waals surface area contributed by atoms with Crippen LogP contribution in [0.2, 0.25) is 0 Å². The second-order valence-electron chi connectivity index (χ2n) is 7.08. The lowest BCUT2D eigenvalue weighted by Crippen LogP contribution is -2.45. The van der Waals surface area contributed by atoms with Crippen LogP contribution in [0.1, 0.15) is 11.1 Å². The van der Waals surface area contributed by atoms with E-state index in [1.54, 1.807) is 42.5 Å². The molecule has 0 unspecified atom stereocenters. The van der Waals surface area contributed by atoms with Crippen molar-refractivity contribution in [2.75, 3.05) is 5.75 Å². The molecule has 0 aliphatic carbocycles. The molecule has 184 valence electrons. The van der Waals surface area contributed by atoms with Gasteiger partial charge in [-0.2, -0.15) is 20.5 Å². The summed E-state index contributed by atoms with van der Waals surface area (Å²) in [5, 5.41) is 2.21.